The largest absolute Gasteiger partial charge is 0.312 e. The van der Waals surface area contributed by atoms with Crippen LogP contribution in [0, 0.1) is 0 Å². The van der Waals surface area contributed by atoms with E-state index in [0.717, 1.165) is 54.0 Å². The van der Waals surface area contributed by atoms with Crippen molar-refractivity contribution in [3.8, 4) is 44.5 Å². The topological polar surface area (TPSA) is 40.6 Å². The normalized spacial score (nSPS) is 16.8. The van der Waals surface area contributed by atoms with Crippen molar-refractivity contribution in [2.45, 2.75) is 44.9 Å². The molecule has 2 aliphatic heterocycles. The number of carbonyl (C=O) groups excluding carboxylic acids is 2. The summed E-state index contributed by atoms with van der Waals surface area (Å²) in [4.78, 5) is 28.9. The SMILES string of the molecule is CC1(C)c2ccccc2-c2ccc(-c3ccc(-c4ccc(-c5cc(N6CCCC6=O)cc(N6CCCC6=O)c5)cc4)cc3)cc21. The summed E-state index contributed by atoms with van der Waals surface area (Å²) in [7, 11) is 0. The lowest BCUT2D eigenvalue weighted by atomic mass is 9.81. The van der Waals surface area contributed by atoms with Gasteiger partial charge in [0.1, 0.15) is 0 Å². The first-order valence-electron chi connectivity index (χ1n) is 16.1. The zero-order valence-electron chi connectivity index (χ0n) is 25.8. The molecule has 0 saturated carbocycles. The maximum Gasteiger partial charge on any atom is 0.227 e. The first-order chi connectivity index (χ1) is 21.9. The van der Waals surface area contributed by atoms with Gasteiger partial charge >= 0.3 is 0 Å². The molecule has 0 radical (unpaired) electrons. The van der Waals surface area contributed by atoms with Crippen LogP contribution in [0.2, 0.25) is 0 Å². The Labute approximate surface area is 264 Å². The van der Waals surface area contributed by atoms with Crippen molar-refractivity contribution < 1.29 is 9.59 Å². The van der Waals surface area contributed by atoms with E-state index < -0.39 is 0 Å². The molecule has 2 heterocycles. The van der Waals surface area contributed by atoms with Gasteiger partial charge in [0.15, 0.2) is 0 Å². The molecule has 8 rings (SSSR count). The Hall–Kier alpha value is -4.96. The second-order valence-corrected chi connectivity index (χ2v) is 13.1. The molecule has 1 aliphatic carbocycles. The minimum absolute atomic E-state index is 0.0160. The second-order valence-electron chi connectivity index (χ2n) is 13.1. The van der Waals surface area contributed by atoms with E-state index in [2.05, 4.69) is 117 Å². The van der Waals surface area contributed by atoms with Crippen molar-refractivity contribution >= 4 is 23.2 Å². The molecule has 2 fully saturated rings. The molecule has 4 nitrogen and oxygen atoms in total. The van der Waals surface area contributed by atoms with Crippen LogP contribution in [0.3, 0.4) is 0 Å². The number of nitrogens with zero attached hydrogens (tertiary/aromatic N) is 2. The third-order valence-electron chi connectivity index (χ3n) is 10.0. The summed E-state index contributed by atoms with van der Waals surface area (Å²) in [6.45, 7) is 6.09. The Balaban J connectivity index is 1.07. The first-order valence-corrected chi connectivity index (χ1v) is 16.1. The molecule has 5 aromatic carbocycles. The summed E-state index contributed by atoms with van der Waals surface area (Å²) in [6.07, 6.45) is 2.89. The van der Waals surface area contributed by atoms with Crippen LogP contribution >= 0.6 is 0 Å². The maximum atomic E-state index is 12.6. The van der Waals surface area contributed by atoms with Crippen LogP contribution in [0.25, 0.3) is 44.5 Å². The summed E-state index contributed by atoms with van der Waals surface area (Å²) in [5, 5.41) is 0. The molecule has 2 amide bonds. The highest BCUT2D eigenvalue weighted by molar-refractivity contribution is 6.00. The molecule has 0 unspecified atom stereocenters. The summed E-state index contributed by atoms with van der Waals surface area (Å²) < 4.78 is 0. The fraction of sp³-hybridized carbons (Fsp3) is 0.220. The number of hydrogen-bond acceptors (Lipinski definition) is 2. The van der Waals surface area contributed by atoms with Crippen molar-refractivity contribution in [1.29, 1.82) is 0 Å². The number of rotatable bonds is 5. The fourth-order valence-corrected chi connectivity index (χ4v) is 7.51. The third kappa shape index (κ3) is 4.67. The number of anilines is 2. The lowest BCUT2D eigenvalue weighted by molar-refractivity contribution is -0.117. The minimum atomic E-state index is -0.0160. The molecule has 4 heteroatoms. The van der Waals surface area contributed by atoms with Gasteiger partial charge in [-0.2, -0.15) is 0 Å². The van der Waals surface area contributed by atoms with Gasteiger partial charge < -0.3 is 9.80 Å². The van der Waals surface area contributed by atoms with Crippen LogP contribution in [0.5, 0.6) is 0 Å². The highest BCUT2D eigenvalue weighted by atomic mass is 16.2. The Morgan fingerprint density at radius 3 is 1.49 bits per heavy atom. The van der Waals surface area contributed by atoms with Gasteiger partial charge in [0.05, 0.1) is 0 Å². The minimum Gasteiger partial charge on any atom is -0.312 e. The monoisotopic (exact) mass is 588 g/mol. The summed E-state index contributed by atoms with van der Waals surface area (Å²) >= 11 is 0. The predicted molar refractivity (Wildman–Crippen MR) is 183 cm³/mol. The van der Waals surface area contributed by atoms with Crippen LogP contribution in [-0.2, 0) is 15.0 Å². The quantitative estimate of drug-likeness (QED) is 0.205. The van der Waals surface area contributed by atoms with Gasteiger partial charge in [-0.1, -0.05) is 98.8 Å². The molecular weight excluding hydrogens is 552 g/mol. The van der Waals surface area contributed by atoms with Gasteiger partial charge in [0, 0.05) is 42.7 Å². The van der Waals surface area contributed by atoms with Crippen molar-refractivity contribution in [2.75, 3.05) is 22.9 Å². The van der Waals surface area contributed by atoms with Crippen molar-refractivity contribution in [2.24, 2.45) is 0 Å². The number of hydrogen-bond donors (Lipinski definition) is 0. The molecule has 0 bridgehead atoms. The smallest absolute Gasteiger partial charge is 0.227 e. The molecule has 3 aliphatic rings. The second kappa shape index (κ2) is 10.6. The van der Waals surface area contributed by atoms with Crippen molar-refractivity contribution in [3.05, 3.63) is 120 Å². The van der Waals surface area contributed by atoms with Crippen LogP contribution in [0.4, 0.5) is 11.4 Å². The Kier molecular flexibility index (Phi) is 6.49. The third-order valence-corrected chi connectivity index (χ3v) is 10.0. The Morgan fingerprint density at radius 2 is 0.956 bits per heavy atom. The van der Waals surface area contributed by atoms with E-state index in [1.165, 1.54) is 38.9 Å². The molecule has 0 N–H and O–H groups in total. The zero-order valence-corrected chi connectivity index (χ0v) is 25.8. The molecular formula is C41H36N2O2. The fourth-order valence-electron chi connectivity index (χ4n) is 7.51. The van der Waals surface area contributed by atoms with E-state index in [-0.39, 0.29) is 17.2 Å². The van der Waals surface area contributed by atoms with Gasteiger partial charge in [0.2, 0.25) is 11.8 Å². The van der Waals surface area contributed by atoms with Crippen LogP contribution in [-0.4, -0.2) is 24.9 Å². The van der Waals surface area contributed by atoms with Gasteiger partial charge in [-0.15, -0.1) is 0 Å². The first kappa shape index (κ1) is 27.6. The van der Waals surface area contributed by atoms with E-state index in [9.17, 15) is 9.59 Å². The predicted octanol–water partition coefficient (Wildman–Crippen LogP) is 9.25. The van der Waals surface area contributed by atoms with Crippen molar-refractivity contribution in [1.82, 2.24) is 0 Å². The van der Waals surface area contributed by atoms with Gasteiger partial charge in [-0.05, 0) is 92.7 Å². The summed E-state index contributed by atoms with van der Waals surface area (Å²) in [6, 6.07) is 39.3. The lowest BCUT2D eigenvalue weighted by Crippen LogP contribution is -2.26. The average Bonchev–Trinajstić information content (AvgIpc) is 3.77. The molecule has 45 heavy (non-hydrogen) atoms. The molecule has 2 saturated heterocycles. The van der Waals surface area contributed by atoms with Crippen LogP contribution < -0.4 is 9.80 Å². The molecule has 222 valence electrons. The van der Waals surface area contributed by atoms with Crippen LogP contribution in [0.1, 0.15) is 50.7 Å². The number of amides is 2. The zero-order chi connectivity index (χ0) is 30.7. The summed E-state index contributed by atoms with van der Waals surface area (Å²) in [5.41, 5.74) is 14.1. The molecule has 5 aromatic rings. The summed E-state index contributed by atoms with van der Waals surface area (Å²) in [5.74, 6) is 0.302. The Morgan fingerprint density at radius 1 is 0.489 bits per heavy atom. The maximum absolute atomic E-state index is 12.6. The van der Waals surface area contributed by atoms with Gasteiger partial charge in [-0.25, -0.2) is 0 Å². The van der Waals surface area contributed by atoms with E-state index in [0.29, 0.717) is 12.8 Å². The highest BCUT2D eigenvalue weighted by Gasteiger charge is 2.35. The molecule has 0 spiro atoms. The Bertz CT molecular complexity index is 1930. The number of benzene rings is 5. The molecule has 0 aromatic heterocycles. The van der Waals surface area contributed by atoms with E-state index >= 15 is 0 Å². The van der Waals surface area contributed by atoms with Gasteiger partial charge in [-0.3, -0.25) is 9.59 Å². The van der Waals surface area contributed by atoms with E-state index in [1.807, 2.05) is 15.9 Å². The van der Waals surface area contributed by atoms with E-state index in [1.54, 1.807) is 0 Å². The molecule has 0 atom stereocenters. The standard InChI is InChI=1S/C41H36N2O2/c1-41(2)37-8-4-3-7-35(37)36-20-19-31(25-38(36)41)29-15-11-27(12-16-29)28-13-17-30(18-14-28)32-23-33(42-21-5-9-39(42)44)26-34(24-32)43-22-6-10-40(43)45/h3-4,7-8,11-20,23-26H,5-6,9-10,21-22H2,1-2H3. The lowest BCUT2D eigenvalue weighted by Gasteiger charge is -2.22. The van der Waals surface area contributed by atoms with Gasteiger partial charge in [0.25, 0.3) is 0 Å². The number of carbonyl (C=O) groups is 2. The highest BCUT2D eigenvalue weighted by Crippen LogP contribution is 2.49. The average molecular weight is 589 g/mol. The van der Waals surface area contributed by atoms with Crippen molar-refractivity contribution in [3.63, 3.8) is 0 Å². The van der Waals surface area contributed by atoms with Crippen LogP contribution in [0.15, 0.2) is 109 Å². The number of fused-ring (bicyclic) bond motifs is 3. The van der Waals surface area contributed by atoms with E-state index in [4.69, 9.17) is 0 Å².